The Morgan fingerprint density at radius 3 is 2.45 bits per heavy atom. The van der Waals surface area contributed by atoms with Crippen LogP contribution in [0.15, 0.2) is 0 Å². The van der Waals surface area contributed by atoms with Gasteiger partial charge in [-0.2, -0.15) is 0 Å². The smallest absolute Gasteiger partial charge is 0.320 e. The monoisotopic (exact) mass is 283 g/mol. The minimum absolute atomic E-state index is 0.0107. The van der Waals surface area contributed by atoms with Gasteiger partial charge in [-0.1, -0.05) is 12.8 Å². The minimum Gasteiger partial charge on any atom is -0.480 e. The van der Waals surface area contributed by atoms with Gasteiger partial charge in [0.2, 0.25) is 0 Å². The zero-order chi connectivity index (χ0) is 14.5. The highest BCUT2D eigenvalue weighted by atomic mass is 16.4. The molecule has 2 fully saturated rings. The second-order valence-electron chi connectivity index (χ2n) is 5.85. The van der Waals surface area contributed by atoms with Crippen molar-refractivity contribution in [3.8, 4) is 0 Å². The number of hydrogen-bond donors (Lipinski definition) is 2. The number of amides is 2. The number of carbonyl (C=O) groups is 2. The second-order valence-corrected chi connectivity index (χ2v) is 5.85. The normalized spacial score (nSPS) is 21.6. The van der Waals surface area contributed by atoms with Crippen molar-refractivity contribution in [3.05, 3.63) is 0 Å². The lowest BCUT2D eigenvalue weighted by Gasteiger charge is -2.36. The first-order valence-electron chi connectivity index (χ1n) is 7.57. The molecule has 2 rings (SSSR count). The summed E-state index contributed by atoms with van der Waals surface area (Å²) in [4.78, 5) is 26.5. The highest BCUT2D eigenvalue weighted by Gasteiger charge is 2.27. The molecule has 1 heterocycles. The van der Waals surface area contributed by atoms with Crippen molar-refractivity contribution in [1.82, 2.24) is 15.1 Å². The lowest BCUT2D eigenvalue weighted by molar-refractivity contribution is -0.143. The number of hydrogen-bond acceptors (Lipinski definition) is 3. The van der Waals surface area contributed by atoms with E-state index in [0.29, 0.717) is 26.2 Å². The van der Waals surface area contributed by atoms with E-state index in [1.54, 1.807) is 11.8 Å². The molecule has 0 aromatic heterocycles. The van der Waals surface area contributed by atoms with Gasteiger partial charge in [0.05, 0.1) is 0 Å². The molecular weight excluding hydrogens is 258 g/mol. The Hall–Kier alpha value is -1.30. The summed E-state index contributed by atoms with van der Waals surface area (Å²) < 4.78 is 0. The molecule has 114 valence electrons. The lowest BCUT2D eigenvalue weighted by Crippen LogP contribution is -2.55. The average Bonchev–Trinajstić information content (AvgIpc) is 3.26. The first-order chi connectivity index (χ1) is 9.58. The Balaban J connectivity index is 1.61. The van der Waals surface area contributed by atoms with E-state index in [4.69, 9.17) is 5.11 Å². The molecule has 0 aromatic carbocycles. The molecule has 1 unspecified atom stereocenters. The molecule has 1 atom stereocenters. The van der Waals surface area contributed by atoms with Crippen LogP contribution in [0.4, 0.5) is 4.79 Å². The van der Waals surface area contributed by atoms with Gasteiger partial charge < -0.3 is 15.3 Å². The fourth-order valence-electron chi connectivity index (χ4n) is 2.57. The maximum atomic E-state index is 11.9. The number of carboxylic acid groups (broad SMARTS) is 1. The topological polar surface area (TPSA) is 72.9 Å². The Bertz CT molecular complexity index is 350. The maximum Gasteiger partial charge on any atom is 0.320 e. The minimum atomic E-state index is -0.803. The fraction of sp³-hybridized carbons (Fsp3) is 0.857. The van der Waals surface area contributed by atoms with Crippen LogP contribution in [-0.4, -0.2) is 65.7 Å². The molecule has 2 amide bonds. The van der Waals surface area contributed by atoms with Crippen LogP contribution in [0.2, 0.25) is 0 Å². The summed E-state index contributed by atoms with van der Waals surface area (Å²) in [5.41, 5.74) is 0. The first kappa shape index (κ1) is 15.1. The Kier molecular flexibility index (Phi) is 5.23. The number of nitrogens with one attached hydrogen (secondary N) is 1. The zero-order valence-electron chi connectivity index (χ0n) is 12.2. The summed E-state index contributed by atoms with van der Waals surface area (Å²) in [6.07, 6.45) is 5.01. The van der Waals surface area contributed by atoms with E-state index in [9.17, 15) is 9.59 Å². The van der Waals surface area contributed by atoms with Crippen LogP contribution in [0.25, 0.3) is 0 Å². The van der Waals surface area contributed by atoms with E-state index in [-0.39, 0.29) is 6.03 Å². The number of aliphatic carboxylic acids is 1. The molecular formula is C14H25N3O3. The van der Waals surface area contributed by atoms with Gasteiger partial charge in [0.25, 0.3) is 0 Å². The number of rotatable bonds is 6. The molecule has 1 saturated heterocycles. The largest absolute Gasteiger partial charge is 0.480 e. The average molecular weight is 283 g/mol. The third-order valence-corrected chi connectivity index (χ3v) is 4.27. The summed E-state index contributed by atoms with van der Waals surface area (Å²) in [5.74, 6) is 0.107. The van der Waals surface area contributed by atoms with Gasteiger partial charge in [0.1, 0.15) is 6.04 Å². The van der Waals surface area contributed by atoms with E-state index >= 15 is 0 Å². The molecule has 2 N–H and O–H groups in total. The SMILES string of the molecule is CC(C(=O)O)N1CCN(C(=O)NCCCC2CC2)CC1. The van der Waals surface area contributed by atoms with Crippen LogP contribution in [-0.2, 0) is 4.79 Å². The zero-order valence-corrected chi connectivity index (χ0v) is 12.2. The highest BCUT2D eigenvalue weighted by Crippen LogP contribution is 2.33. The summed E-state index contributed by atoms with van der Waals surface area (Å²) in [6.45, 7) is 4.90. The van der Waals surface area contributed by atoms with E-state index in [1.165, 1.54) is 19.3 Å². The number of piperazine rings is 1. The molecule has 0 bridgehead atoms. The van der Waals surface area contributed by atoms with Gasteiger partial charge in [-0.3, -0.25) is 9.69 Å². The van der Waals surface area contributed by atoms with Crippen LogP contribution < -0.4 is 5.32 Å². The maximum absolute atomic E-state index is 11.9. The van der Waals surface area contributed by atoms with Crippen LogP contribution in [0.1, 0.15) is 32.6 Å². The van der Waals surface area contributed by atoms with Crippen molar-refractivity contribution >= 4 is 12.0 Å². The highest BCUT2D eigenvalue weighted by molar-refractivity contribution is 5.74. The van der Waals surface area contributed by atoms with E-state index in [1.807, 2.05) is 4.90 Å². The quantitative estimate of drug-likeness (QED) is 0.713. The molecule has 1 saturated carbocycles. The molecule has 2 aliphatic rings. The molecule has 1 aliphatic carbocycles. The second kappa shape index (κ2) is 6.92. The first-order valence-corrected chi connectivity index (χ1v) is 7.57. The van der Waals surface area contributed by atoms with Gasteiger partial charge >= 0.3 is 12.0 Å². The Labute approximate surface area is 120 Å². The van der Waals surface area contributed by atoms with Gasteiger partial charge in [0.15, 0.2) is 0 Å². The van der Waals surface area contributed by atoms with Crippen LogP contribution in [0.3, 0.4) is 0 Å². The van der Waals surface area contributed by atoms with Gasteiger partial charge in [-0.25, -0.2) is 4.79 Å². The summed E-state index contributed by atoms with van der Waals surface area (Å²) in [6, 6.07) is -0.484. The number of carbonyl (C=O) groups excluding carboxylic acids is 1. The van der Waals surface area contributed by atoms with Crippen LogP contribution in [0, 0.1) is 5.92 Å². The van der Waals surface area contributed by atoms with Crippen molar-refractivity contribution in [2.45, 2.75) is 38.6 Å². The summed E-state index contributed by atoms with van der Waals surface area (Å²) >= 11 is 0. The predicted molar refractivity (Wildman–Crippen MR) is 75.6 cm³/mol. The number of carboxylic acids is 1. The van der Waals surface area contributed by atoms with Crippen LogP contribution in [0.5, 0.6) is 0 Å². The molecule has 0 radical (unpaired) electrons. The van der Waals surface area contributed by atoms with E-state index < -0.39 is 12.0 Å². The van der Waals surface area contributed by atoms with Crippen molar-refractivity contribution < 1.29 is 14.7 Å². The van der Waals surface area contributed by atoms with Crippen LogP contribution >= 0.6 is 0 Å². The predicted octanol–water partition coefficient (Wildman–Crippen LogP) is 0.977. The Morgan fingerprint density at radius 1 is 1.25 bits per heavy atom. The molecule has 0 spiro atoms. The number of nitrogens with zero attached hydrogens (tertiary/aromatic N) is 2. The standard InChI is InChI=1S/C14H25N3O3/c1-11(13(18)19)16-7-9-17(10-8-16)14(20)15-6-2-3-12-4-5-12/h11-12H,2-10H2,1H3,(H,15,20)(H,18,19). The lowest BCUT2D eigenvalue weighted by atomic mass is 10.2. The Morgan fingerprint density at radius 2 is 1.90 bits per heavy atom. The molecule has 6 heteroatoms. The third kappa shape index (κ3) is 4.37. The van der Waals surface area contributed by atoms with E-state index in [2.05, 4.69) is 5.32 Å². The molecule has 0 aromatic rings. The molecule has 20 heavy (non-hydrogen) atoms. The van der Waals surface area contributed by atoms with Crippen molar-refractivity contribution in [1.29, 1.82) is 0 Å². The summed E-state index contributed by atoms with van der Waals surface area (Å²) in [5, 5.41) is 11.9. The van der Waals surface area contributed by atoms with Crippen molar-refractivity contribution in [3.63, 3.8) is 0 Å². The van der Waals surface area contributed by atoms with Crippen molar-refractivity contribution in [2.75, 3.05) is 32.7 Å². The van der Waals surface area contributed by atoms with Gasteiger partial charge in [-0.05, 0) is 25.7 Å². The van der Waals surface area contributed by atoms with Crippen molar-refractivity contribution in [2.24, 2.45) is 5.92 Å². The van der Waals surface area contributed by atoms with E-state index in [0.717, 1.165) is 18.9 Å². The third-order valence-electron chi connectivity index (χ3n) is 4.27. The molecule has 6 nitrogen and oxygen atoms in total. The fourth-order valence-corrected chi connectivity index (χ4v) is 2.57. The molecule has 1 aliphatic heterocycles. The van der Waals surface area contributed by atoms with Gasteiger partial charge in [0, 0.05) is 32.7 Å². The summed E-state index contributed by atoms with van der Waals surface area (Å²) in [7, 11) is 0. The number of urea groups is 1. The van der Waals surface area contributed by atoms with Gasteiger partial charge in [-0.15, -0.1) is 0 Å².